The number of halogens is 1. The third kappa shape index (κ3) is 4.48. The van der Waals surface area contributed by atoms with E-state index in [9.17, 15) is 14.7 Å². The molecule has 1 saturated heterocycles. The number of aliphatic hydroxyl groups excluding tert-OH is 1. The van der Waals surface area contributed by atoms with E-state index in [2.05, 4.69) is 21.2 Å². The topological polar surface area (TPSA) is 93.1 Å². The lowest BCUT2D eigenvalue weighted by atomic mass is 9.83. The zero-order valence-electron chi connectivity index (χ0n) is 18.5. The fourth-order valence-corrected chi connectivity index (χ4v) is 4.84. The van der Waals surface area contributed by atoms with Gasteiger partial charge in [-0.05, 0) is 42.3 Å². The lowest BCUT2D eigenvalue weighted by Crippen LogP contribution is -2.48. The molecule has 0 aromatic heterocycles. The van der Waals surface area contributed by atoms with E-state index in [-0.39, 0.29) is 25.0 Å². The first-order valence-electron chi connectivity index (χ1n) is 11.1. The third-order valence-electron chi connectivity index (χ3n) is 6.26. The number of piperazine rings is 1. The summed E-state index contributed by atoms with van der Waals surface area (Å²) in [5, 5.41) is 23.8. The summed E-state index contributed by atoms with van der Waals surface area (Å²) < 4.78 is 0.778. The van der Waals surface area contributed by atoms with Crippen molar-refractivity contribution in [2.45, 2.75) is 25.5 Å². The van der Waals surface area contributed by atoms with Crippen LogP contribution < -0.4 is 15.1 Å². The summed E-state index contributed by atoms with van der Waals surface area (Å²) in [4.78, 5) is 29.3. The maximum atomic E-state index is 13.6. The van der Waals surface area contributed by atoms with Gasteiger partial charge in [0.2, 0.25) is 5.91 Å². The van der Waals surface area contributed by atoms with Gasteiger partial charge >= 0.3 is 0 Å². The van der Waals surface area contributed by atoms with Crippen LogP contribution in [-0.4, -0.2) is 48.3 Å². The summed E-state index contributed by atoms with van der Waals surface area (Å²) in [5.41, 5.74) is 1.18. The van der Waals surface area contributed by atoms with Gasteiger partial charge in [-0.25, -0.2) is 0 Å². The minimum Gasteiger partial charge on any atom is -0.396 e. The van der Waals surface area contributed by atoms with Gasteiger partial charge in [0.15, 0.2) is 5.60 Å². The lowest BCUT2D eigenvalue weighted by molar-refractivity contribution is -0.139. The van der Waals surface area contributed by atoms with Crippen LogP contribution in [0.4, 0.5) is 11.4 Å². The van der Waals surface area contributed by atoms with Crippen molar-refractivity contribution in [2.24, 2.45) is 5.92 Å². The number of nitrogens with one attached hydrogen (secondary N) is 1. The maximum absolute atomic E-state index is 13.6. The first kappa shape index (κ1) is 23.6. The molecule has 2 aromatic carbocycles. The van der Waals surface area contributed by atoms with Crippen molar-refractivity contribution in [1.29, 1.82) is 0 Å². The Bertz CT molecular complexity index is 1090. The molecular formula is C25H28BrN3O4. The summed E-state index contributed by atoms with van der Waals surface area (Å²) in [7, 11) is 0. The van der Waals surface area contributed by atoms with Gasteiger partial charge in [0.05, 0.1) is 18.8 Å². The molecule has 3 N–H and O–H groups in total. The molecule has 33 heavy (non-hydrogen) atoms. The largest absolute Gasteiger partial charge is 0.396 e. The van der Waals surface area contributed by atoms with Crippen LogP contribution in [-0.2, 0) is 21.7 Å². The van der Waals surface area contributed by atoms with E-state index in [4.69, 9.17) is 5.11 Å². The molecule has 0 aliphatic carbocycles. The van der Waals surface area contributed by atoms with Gasteiger partial charge in [0.25, 0.3) is 5.91 Å². The molecule has 0 unspecified atom stereocenters. The van der Waals surface area contributed by atoms with Crippen molar-refractivity contribution < 1.29 is 19.8 Å². The van der Waals surface area contributed by atoms with Crippen LogP contribution in [0.2, 0.25) is 0 Å². The molecule has 2 atom stereocenters. The predicted molar refractivity (Wildman–Crippen MR) is 131 cm³/mol. The molecular weight excluding hydrogens is 486 g/mol. The van der Waals surface area contributed by atoms with E-state index >= 15 is 0 Å². The molecule has 8 heteroatoms. The van der Waals surface area contributed by atoms with Gasteiger partial charge in [-0.15, -0.1) is 0 Å². The van der Waals surface area contributed by atoms with Crippen LogP contribution in [0.15, 0.2) is 59.1 Å². The van der Waals surface area contributed by atoms with Crippen LogP contribution in [0.5, 0.6) is 0 Å². The van der Waals surface area contributed by atoms with Gasteiger partial charge in [0.1, 0.15) is 0 Å². The van der Waals surface area contributed by atoms with Crippen LogP contribution in [0.25, 0.3) is 0 Å². The van der Waals surface area contributed by atoms with Crippen molar-refractivity contribution in [3.8, 4) is 0 Å². The number of carbonyl (C=O) groups excluding carboxylic acids is 2. The Hall–Kier alpha value is -2.52. The summed E-state index contributed by atoms with van der Waals surface area (Å²) in [6.45, 7) is 3.73. The smallest absolute Gasteiger partial charge is 0.264 e. The minimum absolute atomic E-state index is 0.00970. The summed E-state index contributed by atoms with van der Waals surface area (Å²) in [5.74, 6) is -0.858. The number of nitrogens with zero attached hydrogens (tertiary/aromatic N) is 2. The number of amides is 2. The first-order valence-corrected chi connectivity index (χ1v) is 11.9. The van der Waals surface area contributed by atoms with E-state index in [1.807, 2.05) is 36.4 Å². The second-order valence-corrected chi connectivity index (χ2v) is 9.36. The fraction of sp³-hybridized carbons (Fsp3) is 0.360. The normalized spacial score (nSPS) is 21.7. The van der Waals surface area contributed by atoms with Crippen molar-refractivity contribution in [1.82, 2.24) is 5.32 Å². The van der Waals surface area contributed by atoms with E-state index in [1.165, 1.54) is 0 Å². The van der Waals surface area contributed by atoms with E-state index in [0.29, 0.717) is 30.8 Å². The van der Waals surface area contributed by atoms with Gasteiger partial charge in [-0.2, -0.15) is 0 Å². The summed E-state index contributed by atoms with van der Waals surface area (Å²) in [6, 6.07) is 13.1. The molecule has 0 radical (unpaired) electrons. The number of hydrogen-bond donors (Lipinski definition) is 3. The number of benzene rings is 2. The molecule has 0 bridgehead atoms. The highest BCUT2D eigenvalue weighted by Gasteiger charge is 2.52. The Kier molecular flexibility index (Phi) is 6.99. The standard InChI is InChI=1S/C25H28BrN3O4/c1-17(5-2-3-12-30)25(33)21-14-19(26)8-9-22(21)29(24(25)32)16-18-6-4-7-20(13-18)28-11-10-27-15-23(28)31/h2,4-9,13-14,17,27,30,33H,3,10-12,15-16H2,1H3/b5-2+/t17-,25+/m0/s1. The van der Waals surface area contributed by atoms with Crippen molar-refractivity contribution in [3.63, 3.8) is 0 Å². The Morgan fingerprint density at radius 2 is 2.06 bits per heavy atom. The molecule has 174 valence electrons. The number of rotatable bonds is 7. The second-order valence-electron chi connectivity index (χ2n) is 8.44. The zero-order chi connectivity index (χ0) is 23.6. The highest BCUT2D eigenvalue weighted by Crippen LogP contribution is 2.46. The van der Waals surface area contributed by atoms with Gasteiger partial charge in [-0.3, -0.25) is 9.59 Å². The molecule has 0 spiro atoms. The number of hydrogen-bond acceptors (Lipinski definition) is 5. The minimum atomic E-state index is -1.71. The molecule has 4 rings (SSSR count). The Morgan fingerprint density at radius 1 is 1.24 bits per heavy atom. The van der Waals surface area contributed by atoms with Crippen LogP contribution in [0, 0.1) is 5.92 Å². The Labute approximate surface area is 201 Å². The Morgan fingerprint density at radius 3 is 2.82 bits per heavy atom. The quantitative estimate of drug-likeness (QED) is 0.495. The predicted octanol–water partition coefficient (Wildman–Crippen LogP) is 2.69. The number of aliphatic hydroxyl groups is 2. The highest BCUT2D eigenvalue weighted by atomic mass is 79.9. The number of anilines is 2. The fourth-order valence-electron chi connectivity index (χ4n) is 4.48. The average Bonchev–Trinajstić information content (AvgIpc) is 3.02. The molecule has 2 amide bonds. The molecule has 2 heterocycles. The lowest BCUT2D eigenvalue weighted by Gasteiger charge is -2.29. The van der Waals surface area contributed by atoms with Crippen LogP contribution >= 0.6 is 15.9 Å². The number of carbonyl (C=O) groups is 2. The summed E-state index contributed by atoms with van der Waals surface area (Å²) in [6.07, 6.45) is 4.02. The van der Waals surface area contributed by atoms with E-state index < -0.39 is 11.5 Å². The van der Waals surface area contributed by atoms with Crippen molar-refractivity contribution in [2.75, 3.05) is 36.0 Å². The first-order chi connectivity index (χ1) is 15.9. The van der Waals surface area contributed by atoms with Crippen molar-refractivity contribution >= 4 is 39.1 Å². The molecule has 7 nitrogen and oxygen atoms in total. The average molecular weight is 514 g/mol. The third-order valence-corrected chi connectivity index (χ3v) is 6.76. The van der Waals surface area contributed by atoms with E-state index in [1.54, 1.807) is 34.9 Å². The van der Waals surface area contributed by atoms with Crippen LogP contribution in [0.1, 0.15) is 24.5 Å². The molecule has 2 aromatic rings. The Balaban J connectivity index is 1.66. The van der Waals surface area contributed by atoms with Gasteiger partial charge in [-0.1, -0.05) is 47.1 Å². The van der Waals surface area contributed by atoms with Gasteiger partial charge < -0.3 is 25.3 Å². The molecule has 0 saturated carbocycles. The zero-order valence-corrected chi connectivity index (χ0v) is 20.1. The summed E-state index contributed by atoms with van der Waals surface area (Å²) >= 11 is 3.46. The van der Waals surface area contributed by atoms with Crippen LogP contribution in [0.3, 0.4) is 0 Å². The molecule has 1 fully saturated rings. The van der Waals surface area contributed by atoms with Crippen molar-refractivity contribution in [3.05, 3.63) is 70.2 Å². The maximum Gasteiger partial charge on any atom is 0.264 e. The van der Waals surface area contributed by atoms with Gasteiger partial charge in [0, 0.05) is 41.3 Å². The molecule has 2 aliphatic rings. The molecule has 2 aliphatic heterocycles. The van der Waals surface area contributed by atoms with E-state index in [0.717, 1.165) is 22.3 Å². The number of fused-ring (bicyclic) bond motifs is 1. The SMILES string of the molecule is C[C@@H](/C=C/CCO)[C@]1(O)C(=O)N(Cc2cccc(N3CCNCC3=O)c2)c2ccc(Br)cc21. The highest BCUT2D eigenvalue weighted by molar-refractivity contribution is 9.10. The second kappa shape index (κ2) is 9.77. The monoisotopic (exact) mass is 513 g/mol.